The Bertz CT molecular complexity index is 1010. The van der Waals surface area contributed by atoms with Crippen molar-refractivity contribution < 1.29 is 32.6 Å². The topological polar surface area (TPSA) is 100 Å². The van der Waals surface area contributed by atoms with E-state index in [0.717, 1.165) is 12.1 Å². The molecule has 2 aromatic rings. The molecular formula is C21H19F3N2O4. The third-order valence-corrected chi connectivity index (χ3v) is 4.37. The van der Waals surface area contributed by atoms with Crippen LogP contribution in [-0.2, 0) is 22.1 Å². The first kappa shape index (κ1) is 22.9. The lowest BCUT2D eigenvalue weighted by molar-refractivity contribution is -0.143. The second-order valence-electron chi connectivity index (χ2n) is 6.47. The fourth-order valence-electron chi connectivity index (χ4n) is 2.91. The van der Waals surface area contributed by atoms with Crippen molar-refractivity contribution in [3.63, 3.8) is 0 Å². The standard InChI is InChI=1S/C21H19F3N2O4/c1-3-30-18(28)8-7-17(27)19-20(29)13(11-25)9-14(26-19)10-15-12(2)5-4-6-16(15)21(22,23)24/h4-6,9,29H,3,7-8,10H2,1-2H3. The van der Waals surface area contributed by atoms with Gasteiger partial charge in [0.05, 0.1) is 24.2 Å². The van der Waals surface area contributed by atoms with E-state index >= 15 is 0 Å². The molecule has 0 aliphatic heterocycles. The highest BCUT2D eigenvalue weighted by atomic mass is 19.4. The minimum Gasteiger partial charge on any atom is -0.504 e. The number of ketones is 1. The average Bonchev–Trinajstić information content (AvgIpc) is 2.68. The van der Waals surface area contributed by atoms with Gasteiger partial charge in [-0.15, -0.1) is 0 Å². The van der Waals surface area contributed by atoms with Crippen LogP contribution in [0.3, 0.4) is 0 Å². The number of hydrogen-bond donors (Lipinski definition) is 1. The van der Waals surface area contributed by atoms with Crippen molar-refractivity contribution in [1.82, 2.24) is 4.98 Å². The number of aryl methyl sites for hydroxylation is 1. The molecule has 9 heteroatoms. The van der Waals surface area contributed by atoms with Crippen molar-refractivity contribution in [2.45, 2.75) is 39.3 Å². The summed E-state index contributed by atoms with van der Waals surface area (Å²) in [6.45, 7) is 3.26. The quantitative estimate of drug-likeness (QED) is 0.535. The number of aromatic hydroxyl groups is 1. The molecular weight excluding hydrogens is 401 g/mol. The number of aromatic nitrogens is 1. The number of halogens is 3. The molecule has 0 spiro atoms. The number of esters is 1. The van der Waals surface area contributed by atoms with E-state index in [-0.39, 0.29) is 42.7 Å². The lowest BCUT2D eigenvalue weighted by Crippen LogP contribution is -2.13. The summed E-state index contributed by atoms with van der Waals surface area (Å²) in [5, 5.41) is 19.4. The third kappa shape index (κ3) is 5.35. The molecule has 1 heterocycles. The van der Waals surface area contributed by atoms with Gasteiger partial charge in [-0.3, -0.25) is 9.59 Å². The highest BCUT2D eigenvalue weighted by molar-refractivity contribution is 5.98. The van der Waals surface area contributed by atoms with E-state index in [4.69, 9.17) is 4.74 Å². The highest BCUT2D eigenvalue weighted by Gasteiger charge is 2.34. The predicted octanol–water partition coefficient (Wildman–Crippen LogP) is 4.10. The molecule has 6 nitrogen and oxygen atoms in total. The molecule has 1 aromatic heterocycles. The molecule has 1 aromatic carbocycles. The molecule has 0 bridgehead atoms. The Morgan fingerprint density at radius 3 is 2.57 bits per heavy atom. The van der Waals surface area contributed by atoms with Gasteiger partial charge in [0.2, 0.25) is 0 Å². The van der Waals surface area contributed by atoms with Crippen LogP contribution >= 0.6 is 0 Å². The summed E-state index contributed by atoms with van der Waals surface area (Å²) in [6.07, 6.45) is -5.47. The normalized spacial score (nSPS) is 11.1. The van der Waals surface area contributed by atoms with E-state index in [1.54, 1.807) is 13.0 Å². The number of carbonyl (C=O) groups is 2. The first-order valence-electron chi connectivity index (χ1n) is 9.06. The molecule has 0 amide bonds. The summed E-state index contributed by atoms with van der Waals surface area (Å²) in [4.78, 5) is 27.9. The molecule has 0 saturated heterocycles. The SMILES string of the molecule is CCOC(=O)CCC(=O)c1nc(Cc2c(C)cccc2C(F)(F)F)cc(C#N)c1O. The average molecular weight is 420 g/mol. The summed E-state index contributed by atoms with van der Waals surface area (Å²) in [6, 6.07) is 6.60. The Balaban J connectivity index is 2.43. The van der Waals surface area contributed by atoms with E-state index in [0.29, 0.717) is 5.56 Å². The number of nitrogens with zero attached hydrogens (tertiary/aromatic N) is 2. The monoisotopic (exact) mass is 420 g/mol. The molecule has 0 aliphatic rings. The van der Waals surface area contributed by atoms with Crippen LogP contribution in [0, 0.1) is 18.3 Å². The Labute approximate surface area is 170 Å². The molecule has 0 radical (unpaired) electrons. The van der Waals surface area contributed by atoms with Crippen LogP contribution in [-0.4, -0.2) is 28.4 Å². The molecule has 0 saturated carbocycles. The van der Waals surface area contributed by atoms with E-state index in [1.807, 2.05) is 0 Å². The number of rotatable bonds is 7. The number of nitriles is 1. The van der Waals surface area contributed by atoms with Gasteiger partial charge in [-0.1, -0.05) is 12.1 Å². The number of hydrogen-bond acceptors (Lipinski definition) is 6. The Kier molecular flexibility index (Phi) is 7.16. The van der Waals surface area contributed by atoms with Crippen LogP contribution in [0.2, 0.25) is 0 Å². The number of ether oxygens (including phenoxy) is 1. The third-order valence-electron chi connectivity index (χ3n) is 4.37. The predicted molar refractivity (Wildman–Crippen MR) is 99.8 cm³/mol. The van der Waals surface area contributed by atoms with E-state index in [9.17, 15) is 33.1 Å². The van der Waals surface area contributed by atoms with Gasteiger partial charge in [-0.2, -0.15) is 18.4 Å². The fourth-order valence-corrected chi connectivity index (χ4v) is 2.91. The van der Waals surface area contributed by atoms with E-state index in [2.05, 4.69) is 4.98 Å². The summed E-state index contributed by atoms with van der Waals surface area (Å²) >= 11 is 0. The van der Waals surface area contributed by atoms with Crippen molar-refractivity contribution in [3.8, 4) is 11.8 Å². The van der Waals surface area contributed by atoms with Crippen LogP contribution in [0.1, 0.15) is 58.2 Å². The molecule has 2 rings (SSSR count). The van der Waals surface area contributed by atoms with Crippen LogP contribution in [0.15, 0.2) is 24.3 Å². The second kappa shape index (κ2) is 9.39. The summed E-state index contributed by atoms with van der Waals surface area (Å²) in [5.74, 6) is -2.01. The molecule has 0 unspecified atom stereocenters. The summed E-state index contributed by atoms with van der Waals surface area (Å²) < 4.78 is 44.9. The second-order valence-corrected chi connectivity index (χ2v) is 6.47. The van der Waals surface area contributed by atoms with Gasteiger partial charge in [-0.05, 0) is 37.1 Å². The smallest absolute Gasteiger partial charge is 0.416 e. The first-order chi connectivity index (χ1) is 14.1. The molecule has 0 atom stereocenters. The molecule has 30 heavy (non-hydrogen) atoms. The van der Waals surface area contributed by atoms with Gasteiger partial charge in [0.1, 0.15) is 11.8 Å². The maximum absolute atomic E-state index is 13.4. The molecule has 158 valence electrons. The Morgan fingerprint density at radius 1 is 1.27 bits per heavy atom. The van der Waals surface area contributed by atoms with Gasteiger partial charge < -0.3 is 9.84 Å². The van der Waals surface area contributed by atoms with Crippen molar-refractivity contribution >= 4 is 11.8 Å². The number of benzene rings is 1. The lowest BCUT2D eigenvalue weighted by atomic mass is 9.96. The van der Waals surface area contributed by atoms with Gasteiger partial charge >= 0.3 is 12.1 Å². The van der Waals surface area contributed by atoms with Gasteiger partial charge in [0.15, 0.2) is 11.5 Å². The van der Waals surface area contributed by atoms with Crippen molar-refractivity contribution in [1.29, 1.82) is 5.26 Å². The maximum atomic E-state index is 13.4. The van der Waals surface area contributed by atoms with Crippen molar-refractivity contribution in [2.24, 2.45) is 0 Å². The lowest BCUT2D eigenvalue weighted by Gasteiger charge is -2.16. The fraction of sp³-hybridized carbons (Fsp3) is 0.333. The molecule has 0 aliphatic carbocycles. The van der Waals surface area contributed by atoms with Crippen molar-refractivity contribution in [2.75, 3.05) is 6.61 Å². The number of Topliss-reactive ketones (excluding diaryl/α,β-unsaturated/α-hetero) is 1. The number of pyridine rings is 1. The Morgan fingerprint density at radius 2 is 1.97 bits per heavy atom. The first-order valence-corrected chi connectivity index (χ1v) is 9.06. The maximum Gasteiger partial charge on any atom is 0.416 e. The van der Waals surface area contributed by atoms with E-state index < -0.39 is 34.9 Å². The number of alkyl halides is 3. The highest BCUT2D eigenvalue weighted by Crippen LogP contribution is 2.34. The van der Waals surface area contributed by atoms with Crippen LogP contribution in [0.4, 0.5) is 13.2 Å². The summed E-state index contributed by atoms with van der Waals surface area (Å²) in [5.41, 5.74) is -1.25. The zero-order valence-corrected chi connectivity index (χ0v) is 16.3. The zero-order chi connectivity index (χ0) is 22.5. The minimum atomic E-state index is -4.59. The van der Waals surface area contributed by atoms with Crippen molar-refractivity contribution in [3.05, 3.63) is 57.9 Å². The van der Waals surface area contributed by atoms with Gasteiger partial charge in [0, 0.05) is 18.5 Å². The zero-order valence-electron chi connectivity index (χ0n) is 16.3. The minimum absolute atomic E-state index is 0.0173. The van der Waals surface area contributed by atoms with Crippen LogP contribution in [0.5, 0.6) is 5.75 Å². The van der Waals surface area contributed by atoms with E-state index in [1.165, 1.54) is 19.1 Å². The van der Waals surface area contributed by atoms with Crippen LogP contribution < -0.4 is 0 Å². The largest absolute Gasteiger partial charge is 0.504 e. The molecule has 0 fully saturated rings. The summed E-state index contributed by atoms with van der Waals surface area (Å²) in [7, 11) is 0. The van der Waals surface area contributed by atoms with Crippen LogP contribution in [0.25, 0.3) is 0 Å². The number of carbonyl (C=O) groups excluding carboxylic acids is 2. The van der Waals surface area contributed by atoms with Gasteiger partial charge in [-0.25, -0.2) is 4.98 Å². The van der Waals surface area contributed by atoms with Gasteiger partial charge in [0.25, 0.3) is 0 Å². The Hall–Kier alpha value is -3.41. The molecule has 1 N–H and O–H groups in total.